The SMILES string of the molecule is Cc1cc(C)cc(N2CC(C(=O)Nc3nc(-c4ccccc4)cs3)CC2=O)c1. The Balaban J connectivity index is 1.45. The van der Waals surface area contributed by atoms with Gasteiger partial charge in [0.25, 0.3) is 0 Å². The Morgan fingerprint density at radius 1 is 1.14 bits per heavy atom. The van der Waals surface area contributed by atoms with E-state index in [1.165, 1.54) is 11.3 Å². The van der Waals surface area contributed by atoms with Gasteiger partial charge in [0.2, 0.25) is 11.8 Å². The maximum Gasteiger partial charge on any atom is 0.231 e. The molecular weight excluding hydrogens is 370 g/mol. The van der Waals surface area contributed by atoms with Crippen LogP contribution in [0, 0.1) is 19.8 Å². The quantitative estimate of drug-likeness (QED) is 0.716. The zero-order valence-electron chi connectivity index (χ0n) is 15.8. The number of carbonyl (C=O) groups excluding carboxylic acids is 2. The fourth-order valence-electron chi connectivity index (χ4n) is 3.52. The van der Waals surface area contributed by atoms with Crippen molar-refractivity contribution in [1.29, 1.82) is 0 Å². The van der Waals surface area contributed by atoms with E-state index in [-0.39, 0.29) is 24.2 Å². The number of carbonyl (C=O) groups is 2. The minimum Gasteiger partial charge on any atom is -0.312 e. The third kappa shape index (κ3) is 3.82. The second-order valence-corrected chi connectivity index (χ2v) is 8.00. The van der Waals surface area contributed by atoms with Gasteiger partial charge in [0.1, 0.15) is 0 Å². The Kier molecular flexibility index (Phi) is 4.96. The van der Waals surface area contributed by atoms with E-state index in [1.54, 1.807) is 4.90 Å². The van der Waals surface area contributed by atoms with E-state index in [0.717, 1.165) is 28.1 Å². The fraction of sp³-hybridized carbons (Fsp3) is 0.227. The molecule has 5 nitrogen and oxygen atoms in total. The first kappa shape index (κ1) is 18.4. The molecule has 1 aliphatic heterocycles. The molecule has 3 aromatic rings. The molecule has 0 bridgehead atoms. The molecule has 6 heteroatoms. The zero-order chi connectivity index (χ0) is 19.7. The summed E-state index contributed by atoms with van der Waals surface area (Å²) in [6.07, 6.45) is 0.218. The van der Waals surface area contributed by atoms with E-state index in [9.17, 15) is 9.59 Å². The van der Waals surface area contributed by atoms with E-state index in [4.69, 9.17) is 0 Å². The normalized spacial score (nSPS) is 16.4. The summed E-state index contributed by atoms with van der Waals surface area (Å²) in [7, 11) is 0. The van der Waals surface area contributed by atoms with E-state index in [2.05, 4.69) is 16.4 Å². The van der Waals surface area contributed by atoms with Crippen molar-refractivity contribution in [1.82, 2.24) is 4.98 Å². The van der Waals surface area contributed by atoms with E-state index < -0.39 is 0 Å². The van der Waals surface area contributed by atoms with Gasteiger partial charge in [-0.3, -0.25) is 9.59 Å². The van der Waals surface area contributed by atoms with Gasteiger partial charge in [-0.1, -0.05) is 36.4 Å². The fourth-order valence-corrected chi connectivity index (χ4v) is 4.24. The van der Waals surface area contributed by atoms with E-state index in [1.807, 2.05) is 61.7 Å². The minimum absolute atomic E-state index is 0.0192. The van der Waals surface area contributed by atoms with Gasteiger partial charge >= 0.3 is 0 Å². The monoisotopic (exact) mass is 391 g/mol. The third-order valence-electron chi connectivity index (χ3n) is 4.82. The zero-order valence-corrected chi connectivity index (χ0v) is 16.6. The molecule has 0 spiro atoms. The second kappa shape index (κ2) is 7.56. The molecule has 0 aliphatic carbocycles. The number of amides is 2. The molecule has 0 saturated carbocycles. The van der Waals surface area contributed by atoms with Crippen LogP contribution in [-0.4, -0.2) is 23.3 Å². The van der Waals surface area contributed by atoms with Crippen molar-refractivity contribution in [3.8, 4) is 11.3 Å². The van der Waals surface area contributed by atoms with Gasteiger partial charge in [-0.2, -0.15) is 0 Å². The summed E-state index contributed by atoms with van der Waals surface area (Å²) in [5.74, 6) is -0.555. The topological polar surface area (TPSA) is 62.3 Å². The van der Waals surface area contributed by atoms with Gasteiger partial charge in [-0.25, -0.2) is 4.98 Å². The number of anilines is 2. The number of rotatable bonds is 4. The predicted molar refractivity (Wildman–Crippen MR) is 113 cm³/mol. The summed E-state index contributed by atoms with van der Waals surface area (Å²) in [6, 6.07) is 15.9. The molecule has 4 rings (SSSR count). The van der Waals surface area contributed by atoms with Gasteiger partial charge in [0.15, 0.2) is 5.13 Å². The van der Waals surface area contributed by atoms with E-state index in [0.29, 0.717) is 11.7 Å². The van der Waals surface area contributed by atoms with Crippen molar-refractivity contribution in [2.45, 2.75) is 20.3 Å². The molecule has 1 aromatic heterocycles. The summed E-state index contributed by atoms with van der Waals surface area (Å²) in [6.45, 7) is 4.41. The van der Waals surface area contributed by atoms with Crippen molar-refractivity contribution < 1.29 is 9.59 Å². The van der Waals surface area contributed by atoms with Crippen LogP contribution in [0.1, 0.15) is 17.5 Å². The average molecular weight is 391 g/mol. The molecule has 142 valence electrons. The molecule has 1 unspecified atom stereocenters. The van der Waals surface area contributed by atoms with Crippen LogP contribution in [0.15, 0.2) is 53.9 Å². The van der Waals surface area contributed by atoms with Crippen LogP contribution in [0.5, 0.6) is 0 Å². The Labute approximate surface area is 168 Å². The maximum absolute atomic E-state index is 12.7. The standard InChI is InChI=1S/C22H21N3O2S/c1-14-8-15(2)10-18(9-14)25-12-17(11-20(25)26)21(27)24-22-23-19(13-28-22)16-6-4-3-5-7-16/h3-10,13,17H,11-12H2,1-2H3,(H,23,24,27). The van der Waals surface area contributed by atoms with Crippen LogP contribution in [0.2, 0.25) is 0 Å². The lowest BCUT2D eigenvalue weighted by molar-refractivity contribution is -0.122. The highest BCUT2D eigenvalue weighted by Gasteiger charge is 2.35. The molecule has 2 aromatic carbocycles. The molecule has 2 heterocycles. The molecular formula is C22H21N3O2S. The molecule has 1 aliphatic rings. The average Bonchev–Trinajstić information content (AvgIpc) is 3.28. The van der Waals surface area contributed by atoms with Crippen LogP contribution in [-0.2, 0) is 9.59 Å². The number of nitrogens with one attached hydrogen (secondary N) is 1. The van der Waals surface area contributed by atoms with Crippen LogP contribution in [0.4, 0.5) is 10.8 Å². The summed E-state index contributed by atoms with van der Waals surface area (Å²) in [5, 5.41) is 5.36. The highest BCUT2D eigenvalue weighted by molar-refractivity contribution is 7.14. The van der Waals surface area contributed by atoms with Crippen LogP contribution >= 0.6 is 11.3 Å². The first-order valence-electron chi connectivity index (χ1n) is 9.20. The van der Waals surface area contributed by atoms with E-state index >= 15 is 0 Å². The largest absolute Gasteiger partial charge is 0.312 e. The highest BCUT2D eigenvalue weighted by atomic mass is 32.1. The highest BCUT2D eigenvalue weighted by Crippen LogP contribution is 2.29. The molecule has 1 N–H and O–H groups in total. The van der Waals surface area contributed by atoms with Crippen molar-refractivity contribution >= 4 is 34.0 Å². The van der Waals surface area contributed by atoms with Gasteiger partial charge in [-0.15, -0.1) is 11.3 Å². The summed E-state index contributed by atoms with van der Waals surface area (Å²) in [5.41, 5.74) is 4.91. The summed E-state index contributed by atoms with van der Waals surface area (Å²) < 4.78 is 0. The second-order valence-electron chi connectivity index (χ2n) is 7.14. The number of aryl methyl sites for hydroxylation is 2. The smallest absolute Gasteiger partial charge is 0.231 e. The van der Waals surface area contributed by atoms with Crippen molar-refractivity contribution in [2.75, 3.05) is 16.8 Å². The number of benzene rings is 2. The Hall–Kier alpha value is -2.99. The minimum atomic E-state index is -0.377. The molecule has 2 amide bonds. The number of hydrogen-bond donors (Lipinski definition) is 1. The van der Waals surface area contributed by atoms with Crippen molar-refractivity contribution in [3.63, 3.8) is 0 Å². The lowest BCUT2D eigenvalue weighted by atomic mass is 10.1. The lowest BCUT2D eigenvalue weighted by Gasteiger charge is -2.18. The van der Waals surface area contributed by atoms with Crippen LogP contribution in [0.3, 0.4) is 0 Å². The van der Waals surface area contributed by atoms with Crippen LogP contribution in [0.25, 0.3) is 11.3 Å². The first-order valence-corrected chi connectivity index (χ1v) is 10.1. The predicted octanol–water partition coefficient (Wildman–Crippen LogP) is 4.42. The van der Waals surface area contributed by atoms with Crippen LogP contribution < -0.4 is 10.2 Å². The summed E-state index contributed by atoms with van der Waals surface area (Å²) >= 11 is 1.39. The van der Waals surface area contributed by atoms with Gasteiger partial charge in [0, 0.05) is 29.6 Å². The van der Waals surface area contributed by atoms with Gasteiger partial charge < -0.3 is 10.2 Å². The lowest BCUT2D eigenvalue weighted by Crippen LogP contribution is -2.28. The molecule has 0 radical (unpaired) electrons. The number of nitrogens with zero attached hydrogens (tertiary/aromatic N) is 2. The molecule has 28 heavy (non-hydrogen) atoms. The Morgan fingerprint density at radius 2 is 1.86 bits per heavy atom. The van der Waals surface area contributed by atoms with Crippen molar-refractivity contribution in [2.24, 2.45) is 5.92 Å². The Bertz CT molecular complexity index is 1010. The summed E-state index contributed by atoms with van der Waals surface area (Å²) in [4.78, 5) is 31.4. The molecule has 1 atom stereocenters. The number of hydrogen-bond acceptors (Lipinski definition) is 4. The van der Waals surface area contributed by atoms with Gasteiger partial charge in [0.05, 0.1) is 11.6 Å². The Morgan fingerprint density at radius 3 is 2.57 bits per heavy atom. The first-order chi connectivity index (χ1) is 13.5. The number of aromatic nitrogens is 1. The van der Waals surface area contributed by atoms with Crippen molar-refractivity contribution in [3.05, 3.63) is 65.0 Å². The maximum atomic E-state index is 12.7. The number of thiazole rings is 1. The third-order valence-corrected chi connectivity index (χ3v) is 5.58. The van der Waals surface area contributed by atoms with Gasteiger partial charge in [-0.05, 0) is 37.1 Å². The molecule has 1 fully saturated rings. The molecule has 1 saturated heterocycles.